The van der Waals surface area contributed by atoms with E-state index in [9.17, 15) is 38.1 Å². The highest BCUT2D eigenvalue weighted by molar-refractivity contribution is 7.86. The minimum atomic E-state index is -5.04. The number of hydrogen-bond acceptors (Lipinski definition) is 15. The number of rotatable bonds is 9. The first-order valence-electron chi connectivity index (χ1n) is 11.8. The van der Waals surface area contributed by atoms with Crippen molar-refractivity contribution in [2.75, 3.05) is 11.5 Å². The van der Waals surface area contributed by atoms with Crippen LogP contribution in [0.25, 0.3) is 0 Å². The molecule has 0 radical (unpaired) electrons. The van der Waals surface area contributed by atoms with Crippen molar-refractivity contribution in [1.29, 1.82) is 0 Å². The zero-order valence-corrected chi connectivity index (χ0v) is 22.7. The number of nitrogens with two attached hydrogens (primary N) is 2. The minimum absolute atomic E-state index is 0.0102. The fourth-order valence-corrected chi connectivity index (χ4v) is 4.04. The van der Waals surface area contributed by atoms with Gasteiger partial charge in [-0.1, -0.05) is 0 Å². The molecule has 0 aliphatic heterocycles. The van der Waals surface area contributed by atoms with Crippen molar-refractivity contribution in [2.24, 2.45) is 30.7 Å². The number of non-ortho nitro benzene ring substituents is 1. The maximum absolute atomic E-state index is 11.5. The van der Waals surface area contributed by atoms with Gasteiger partial charge in [0, 0.05) is 12.1 Å². The molecule has 224 valence electrons. The van der Waals surface area contributed by atoms with E-state index in [1.54, 1.807) is 24.3 Å². The van der Waals surface area contributed by atoms with Gasteiger partial charge in [0.2, 0.25) is 0 Å². The summed E-state index contributed by atoms with van der Waals surface area (Å²) in [5.74, 6) is -2.80. The van der Waals surface area contributed by atoms with E-state index >= 15 is 0 Å². The number of nitrogens with zero attached hydrogens (tertiary/aromatic N) is 7. The zero-order valence-electron chi connectivity index (χ0n) is 21.9. The number of phenolic OH excluding ortho intramolecular Hbond substituents is 1. The highest BCUT2D eigenvalue weighted by Crippen LogP contribution is 2.40. The molecule has 4 rings (SSSR count). The lowest BCUT2D eigenvalue weighted by Crippen LogP contribution is -2.00. The Kier molecular flexibility index (Phi) is 8.53. The second-order valence-corrected chi connectivity index (χ2v) is 10.0. The van der Waals surface area contributed by atoms with Gasteiger partial charge in [-0.2, -0.15) is 23.8 Å². The summed E-state index contributed by atoms with van der Waals surface area (Å²) in [4.78, 5) is 20.2. The van der Waals surface area contributed by atoms with Crippen LogP contribution in [0.4, 0.5) is 51.2 Å². The summed E-state index contributed by atoms with van der Waals surface area (Å²) in [6.45, 7) is 0. The molecule has 0 atom stereocenters. The summed E-state index contributed by atoms with van der Waals surface area (Å²) >= 11 is 0. The molecule has 18 nitrogen and oxygen atoms in total. The average Bonchev–Trinajstić information content (AvgIpc) is 2.96. The van der Waals surface area contributed by atoms with Gasteiger partial charge >= 0.3 is 5.97 Å². The Morgan fingerprint density at radius 3 is 1.77 bits per heavy atom. The van der Waals surface area contributed by atoms with Crippen LogP contribution in [0.2, 0.25) is 0 Å². The normalized spacial score (nSPS) is 11.9. The molecule has 0 unspecified atom stereocenters. The van der Waals surface area contributed by atoms with Crippen LogP contribution in [0.1, 0.15) is 10.4 Å². The van der Waals surface area contributed by atoms with Gasteiger partial charge in [-0.3, -0.25) is 14.7 Å². The number of azo groups is 3. The number of nitro groups is 1. The van der Waals surface area contributed by atoms with Gasteiger partial charge in [0.25, 0.3) is 15.8 Å². The van der Waals surface area contributed by atoms with Crippen LogP contribution in [0.15, 0.2) is 102 Å². The molecule has 8 N–H and O–H groups in total. The van der Waals surface area contributed by atoms with Crippen LogP contribution in [0, 0.1) is 10.1 Å². The number of aromatic carboxylic acids is 1. The van der Waals surface area contributed by atoms with E-state index in [0.717, 1.165) is 12.1 Å². The van der Waals surface area contributed by atoms with Crippen molar-refractivity contribution in [3.63, 3.8) is 0 Å². The van der Waals surface area contributed by atoms with Crippen molar-refractivity contribution in [1.82, 2.24) is 0 Å². The molecule has 0 aliphatic rings. The highest BCUT2D eigenvalue weighted by Gasteiger charge is 2.24. The maximum Gasteiger partial charge on any atom is 0.339 e. The molecule has 19 heteroatoms. The third-order valence-corrected chi connectivity index (χ3v) is 6.45. The molecule has 4 aromatic rings. The second-order valence-electron chi connectivity index (χ2n) is 8.64. The molecular weight excluding hydrogens is 602 g/mol. The number of anilines is 2. The first-order chi connectivity index (χ1) is 20.7. The van der Waals surface area contributed by atoms with Crippen LogP contribution in [0.5, 0.6) is 11.5 Å². The molecule has 0 saturated carbocycles. The van der Waals surface area contributed by atoms with Gasteiger partial charge in [-0.05, 0) is 54.6 Å². The van der Waals surface area contributed by atoms with Gasteiger partial charge in [0.15, 0.2) is 5.75 Å². The predicted molar refractivity (Wildman–Crippen MR) is 154 cm³/mol. The Morgan fingerprint density at radius 1 is 0.727 bits per heavy atom. The van der Waals surface area contributed by atoms with Crippen molar-refractivity contribution in [3.05, 3.63) is 82.4 Å². The Morgan fingerprint density at radius 2 is 1.23 bits per heavy atom. The molecule has 0 bridgehead atoms. The molecule has 0 spiro atoms. The molecule has 0 aliphatic carbocycles. The van der Waals surface area contributed by atoms with Gasteiger partial charge in [-0.15, -0.1) is 15.3 Å². The Bertz CT molecular complexity index is 2000. The third-order valence-electron chi connectivity index (χ3n) is 5.58. The number of nitro benzene ring substituents is 1. The summed E-state index contributed by atoms with van der Waals surface area (Å²) in [7, 11) is -5.04. The second kappa shape index (κ2) is 12.3. The Balaban J connectivity index is 1.56. The van der Waals surface area contributed by atoms with Crippen LogP contribution >= 0.6 is 0 Å². The first kappa shape index (κ1) is 30.6. The summed E-state index contributed by atoms with van der Waals surface area (Å²) in [5.41, 5.74) is 11.2. The fraction of sp³-hybridized carbons (Fsp3) is 0. The zero-order chi connectivity index (χ0) is 32.2. The topological polar surface area (TPSA) is 301 Å². The lowest BCUT2D eigenvalue weighted by molar-refractivity contribution is -0.385. The van der Waals surface area contributed by atoms with Gasteiger partial charge < -0.3 is 26.8 Å². The summed E-state index contributed by atoms with van der Waals surface area (Å²) in [5, 5.41) is 63.6. The standard InChI is InChI=1S/C25H19N9O9S/c26-17-10-18(27)20(32-33-21-8-15(34(39)40)9-23(24(21)36)44(41,42)43)11-19(17)31-29-13-3-1-12(2-4-13)28-30-14-5-6-22(35)16(7-14)25(37)38/h1-11,35-36H,26-27H2,(H,37,38)(H,41,42,43). The molecule has 0 heterocycles. The lowest BCUT2D eigenvalue weighted by atomic mass is 10.2. The summed E-state index contributed by atoms with van der Waals surface area (Å²) in [6.07, 6.45) is 0. The molecule has 0 saturated heterocycles. The number of phenols is 2. The van der Waals surface area contributed by atoms with Crippen LogP contribution in [-0.2, 0) is 10.1 Å². The number of nitrogen functional groups attached to an aromatic ring is 2. The quantitative estimate of drug-likeness (QED) is 0.0392. The van der Waals surface area contributed by atoms with Crippen molar-refractivity contribution >= 4 is 67.3 Å². The van der Waals surface area contributed by atoms with E-state index in [4.69, 9.17) is 16.6 Å². The van der Waals surface area contributed by atoms with E-state index < -0.39 is 48.8 Å². The molecule has 0 amide bonds. The third kappa shape index (κ3) is 7.10. The van der Waals surface area contributed by atoms with E-state index in [0.29, 0.717) is 17.4 Å². The number of carboxylic acid groups (broad SMARTS) is 1. The SMILES string of the molecule is Nc1cc(N)c(N=Nc2cc([N+](=O)[O-])cc(S(=O)(=O)O)c2O)cc1N=Nc1ccc(N=Nc2ccc(O)c(C(=O)O)c2)cc1. The molecular formula is C25H19N9O9S. The number of aromatic hydroxyl groups is 2. The van der Waals surface area contributed by atoms with Crippen LogP contribution in [-0.4, -0.2) is 39.2 Å². The van der Waals surface area contributed by atoms with Gasteiger partial charge in [-0.25, -0.2) is 4.79 Å². The number of benzene rings is 4. The van der Waals surface area contributed by atoms with E-state index in [2.05, 4.69) is 30.7 Å². The maximum atomic E-state index is 11.5. The Labute approximate surface area is 246 Å². The monoisotopic (exact) mass is 621 g/mol. The Hall–Kier alpha value is -6.34. The summed E-state index contributed by atoms with van der Waals surface area (Å²) < 4.78 is 32.4. The first-order valence-corrected chi connectivity index (χ1v) is 13.3. The van der Waals surface area contributed by atoms with Gasteiger partial charge in [0.1, 0.15) is 33.3 Å². The van der Waals surface area contributed by atoms with Crippen LogP contribution in [0.3, 0.4) is 0 Å². The fourth-order valence-electron chi connectivity index (χ4n) is 3.42. The lowest BCUT2D eigenvalue weighted by Gasteiger charge is -2.06. The molecule has 0 fully saturated rings. The molecule has 44 heavy (non-hydrogen) atoms. The van der Waals surface area contributed by atoms with Crippen molar-refractivity contribution in [2.45, 2.75) is 4.90 Å². The van der Waals surface area contributed by atoms with Crippen molar-refractivity contribution in [3.8, 4) is 11.5 Å². The van der Waals surface area contributed by atoms with Crippen LogP contribution < -0.4 is 11.5 Å². The highest BCUT2D eigenvalue weighted by atomic mass is 32.2. The van der Waals surface area contributed by atoms with E-state index in [-0.39, 0.29) is 34.0 Å². The molecule has 0 aromatic heterocycles. The van der Waals surface area contributed by atoms with E-state index in [1.807, 2.05) is 0 Å². The average molecular weight is 622 g/mol. The number of carbonyl (C=O) groups is 1. The number of hydrogen-bond donors (Lipinski definition) is 6. The number of carboxylic acids is 1. The smallest absolute Gasteiger partial charge is 0.339 e. The molecule has 4 aromatic carbocycles. The minimum Gasteiger partial charge on any atom is -0.507 e. The van der Waals surface area contributed by atoms with Crippen molar-refractivity contribution < 1.29 is 38.0 Å². The van der Waals surface area contributed by atoms with E-state index in [1.165, 1.54) is 24.3 Å². The predicted octanol–water partition coefficient (Wildman–Crippen LogP) is 6.36. The largest absolute Gasteiger partial charge is 0.507 e. The summed E-state index contributed by atoms with van der Waals surface area (Å²) in [6, 6.07) is 13.7. The van der Waals surface area contributed by atoms with Gasteiger partial charge in [0.05, 0.1) is 33.4 Å².